The fourth-order valence-electron chi connectivity index (χ4n) is 1.70. The summed E-state index contributed by atoms with van der Waals surface area (Å²) in [4.78, 5) is 4.26. The number of imidazole rings is 1. The summed E-state index contributed by atoms with van der Waals surface area (Å²) in [6, 6.07) is 7.60. The zero-order valence-electron chi connectivity index (χ0n) is 8.93. The van der Waals surface area contributed by atoms with Gasteiger partial charge in [0.1, 0.15) is 0 Å². The maximum Gasteiger partial charge on any atom is 0.0992 e. The Bertz CT molecular complexity index is 525. The van der Waals surface area contributed by atoms with Crippen LogP contribution in [0.1, 0.15) is 18.4 Å². The quantitative estimate of drug-likeness (QED) is 0.789. The van der Waals surface area contributed by atoms with Crippen molar-refractivity contribution in [3.05, 3.63) is 30.1 Å². The van der Waals surface area contributed by atoms with Crippen molar-refractivity contribution >= 4 is 11.0 Å². The zero-order valence-corrected chi connectivity index (χ0v) is 8.93. The number of hydrogen-bond acceptors (Lipinski definition) is 3. The van der Waals surface area contributed by atoms with E-state index in [0.717, 1.165) is 30.4 Å². The van der Waals surface area contributed by atoms with E-state index in [1.54, 1.807) is 12.4 Å². The molecule has 0 spiro atoms. The van der Waals surface area contributed by atoms with E-state index in [4.69, 9.17) is 10.4 Å². The SMILES string of the molecule is N#Cc1ccc2ncn(CCCCO)c2c1. The van der Waals surface area contributed by atoms with Gasteiger partial charge < -0.3 is 9.67 Å². The van der Waals surface area contributed by atoms with Crippen LogP contribution in [0.2, 0.25) is 0 Å². The maximum absolute atomic E-state index is 8.83. The molecule has 0 atom stereocenters. The fraction of sp³-hybridized carbons (Fsp3) is 0.333. The Labute approximate surface area is 93.8 Å². The molecule has 82 valence electrons. The van der Waals surface area contributed by atoms with Gasteiger partial charge in [-0.3, -0.25) is 0 Å². The van der Waals surface area contributed by atoms with Crippen LogP contribution in [0.3, 0.4) is 0 Å². The molecule has 0 amide bonds. The average Bonchev–Trinajstić information content (AvgIpc) is 2.72. The minimum Gasteiger partial charge on any atom is -0.396 e. The number of nitriles is 1. The smallest absolute Gasteiger partial charge is 0.0992 e. The first-order chi connectivity index (χ1) is 7.85. The van der Waals surface area contributed by atoms with Crippen molar-refractivity contribution in [1.82, 2.24) is 9.55 Å². The van der Waals surface area contributed by atoms with Crippen LogP contribution >= 0.6 is 0 Å². The van der Waals surface area contributed by atoms with Gasteiger partial charge in [-0.05, 0) is 31.0 Å². The average molecular weight is 215 g/mol. The van der Waals surface area contributed by atoms with Crippen LogP contribution in [0.25, 0.3) is 11.0 Å². The zero-order chi connectivity index (χ0) is 11.4. The summed E-state index contributed by atoms with van der Waals surface area (Å²) in [5.41, 5.74) is 2.54. The molecule has 1 heterocycles. The molecule has 4 nitrogen and oxygen atoms in total. The third kappa shape index (κ3) is 2.05. The minimum atomic E-state index is 0.218. The van der Waals surface area contributed by atoms with Gasteiger partial charge in [-0.1, -0.05) is 0 Å². The Morgan fingerprint density at radius 3 is 3.00 bits per heavy atom. The van der Waals surface area contributed by atoms with Gasteiger partial charge in [-0.2, -0.15) is 5.26 Å². The molecular weight excluding hydrogens is 202 g/mol. The van der Waals surface area contributed by atoms with E-state index in [9.17, 15) is 0 Å². The van der Waals surface area contributed by atoms with Crippen molar-refractivity contribution in [3.63, 3.8) is 0 Å². The predicted octanol–water partition coefficient (Wildman–Crippen LogP) is 1.68. The number of aryl methyl sites for hydroxylation is 1. The number of aromatic nitrogens is 2. The third-order valence-corrected chi connectivity index (χ3v) is 2.56. The summed E-state index contributed by atoms with van der Waals surface area (Å²) in [6.45, 7) is 1.04. The summed E-state index contributed by atoms with van der Waals surface area (Å²) < 4.78 is 2.02. The molecule has 2 rings (SSSR count). The monoisotopic (exact) mass is 215 g/mol. The summed E-state index contributed by atoms with van der Waals surface area (Å²) in [5.74, 6) is 0. The molecule has 1 aromatic carbocycles. The highest BCUT2D eigenvalue weighted by molar-refractivity contribution is 5.76. The maximum atomic E-state index is 8.83. The molecule has 0 aliphatic rings. The van der Waals surface area contributed by atoms with Gasteiger partial charge in [0.25, 0.3) is 0 Å². The van der Waals surface area contributed by atoms with Crippen LogP contribution in [-0.4, -0.2) is 21.3 Å². The fourth-order valence-corrected chi connectivity index (χ4v) is 1.70. The minimum absolute atomic E-state index is 0.218. The number of benzene rings is 1. The number of nitrogens with zero attached hydrogens (tertiary/aromatic N) is 3. The topological polar surface area (TPSA) is 61.8 Å². The summed E-state index contributed by atoms with van der Waals surface area (Å²) in [6.07, 6.45) is 3.49. The molecule has 16 heavy (non-hydrogen) atoms. The highest BCUT2D eigenvalue weighted by atomic mass is 16.2. The normalized spacial score (nSPS) is 10.5. The molecular formula is C12H13N3O. The van der Waals surface area contributed by atoms with Crippen molar-refractivity contribution in [2.24, 2.45) is 0 Å². The van der Waals surface area contributed by atoms with Crippen molar-refractivity contribution in [2.45, 2.75) is 19.4 Å². The van der Waals surface area contributed by atoms with Gasteiger partial charge >= 0.3 is 0 Å². The van der Waals surface area contributed by atoms with Gasteiger partial charge in [0, 0.05) is 13.2 Å². The molecule has 0 saturated heterocycles. The van der Waals surface area contributed by atoms with E-state index in [-0.39, 0.29) is 6.61 Å². The van der Waals surface area contributed by atoms with Crippen molar-refractivity contribution in [1.29, 1.82) is 5.26 Å². The molecule has 0 aliphatic heterocycles. The first kappa shape index (κ1) is 10.7. The Kier molecular flexibility index (Phi) is 3.18. The number of hydrogen-bond donors (Lipinski definition) is 1. The van der Waals surface area contributed by atoms with Gasteiger partial charge in [-0.25, -0.2) is 4.98 Å². The highest BCUT2D eigenvalue weighted by Gasteiger charge is 2.03. The van der Waals surface area contributed by atoms with Crippen LogP contribution in [-0.2, 0) is 6.54 Å². The Morgan fingerprint density at radius 2 is 2.25 bits per heavy atom. The van der Waals surface area contributed by atoms with Crippen LogP contribution in [0, 0.1) is 11.3 Å². The van der Waals surface area contributed by atoms with Crippen molar-refractivity contribution < 1.29 is 5.11 Å². The lowest BCUT2D eigenvalue weighted by Gasteiger charge is -2.02. The van der Waals surface area contributed by atoms with E-state index in [1.807, 2.05) is 16.7 Å². The Morgan fingerprint density at radius 1 is 1.38 bits per heavy atom. The van der Waals surface area contributed by atoms with E-state index in [2.05, 4.69) is 11.1 Å². The number of unbranched alkanes of at least 4 members (excludes halogenated alkanes) is 1. The number of aliphatic hydroxyl groups excluding tert-OH is 1. The van der Waals surface area contributed by atoms with Crippen molar-refractivity contribution in [2.75, 3.05) is 6.61 Å². The van der Waals surface area contributed by atoms with E-state index >= 15 is 0 Å². The Balaban J connectivity index is 2.28. The lowest BCUT2D eigenvalue weighted by molar-refractivity contribution is 0.281. The lowest BCUT2D eigenvalue weighted by Crippen LogP contribution is -1.97. The van der Waals surface area contributed by atoms with Crippen LogP contribution in [0.4, 0.5) is 0 Å². The predicted molar refractivity (Wildman–Crippen MR) is 60.8 cm³/mol. The molecule has 0 radical (unpaired) electrons. The molecule has 0 bridgehead atoms. The molecule has 2 aromatic rings. The molecule has 1 aromatic heterocycles. The van der Waals surface area contributed by atoms with Crippen molar-refractivity contribution in [3.8, 4) is 6.07 Å². The van der Waals surface area contributed by atoms with Crippen LogP contribution in [0.5, 0.6) is 0 Å². The standard InChI is InChI=1S/C12H13N3O/c13-8-10-3-4-11-12(7-10)15(9-14-11)5-1-2-6-16/h3-4,7,9,16H,1-2,5-6H2. The van der Waals surface area contributed by atoms with Gasteiger partial charge in [-0.15, -0.1) is 0 Å². The summed E-state index contributed by atoms with van der Waals surface area (Å²) >= 11 is 0. The van der Waals surface area contributed by atoms with Gasteiger partial charge in [0.05, 0.1) is 29.0 Å². The van der Waals surface area contributed by atoms with E-state index in [1.165, 1.54) is 0 Å². The second-order valence-corrected chi connectivity index (χ2v) is 3.68. The van der Waals surface area contributed by atoms with Gasteiger partial charge in [0.15, 0.2) is 0 Å². The molecule has 0 unspecified atom stereocenters. The Hall–Kier alpha value is -1.86. The molecule has 0 aliphatic carbocycles. The molecule has 1 N–H and O–H groups in total. The summed E-state index contributed by atoms with van der Waals surface area (Å²) in [7, 11) is 0. The number of fused-ring (bicyclic) bond motifs is 1. The van der Waals surface area contributed by atoms with Gasteiger partial charge in [0.2, 0.25) is 0 Å². The molecule has 4 heteroatoms. The van der Waals surface area contributed by atoms with Crippen LogP contribution in [0.15, 0.2) is 24.5 Å². The number of aliphatic hydroxyl groups is 1. The molecule has 0 saturated carbocycles. The number of rotatable bonds is 4. The highest BCUT2D eigenvalue weighted by Crippen LogP contribution is 2.15. The van der Waals surface area contributed by atoms with E-state index < -0.39 is 0 Å². The second kappa shape index (κ2) is 4.77. The largest absolute Gasteiger partial charge is 0.396 e. The lowest BCUT2D eigenvalue weighted by atomic mass is 10.2. The first-order valence-electron chi connectivity index (χ1n) is 5.31. The summed E-state index contributed by atoms with van der Waals surface area (Å²) in [5, 5.41) is 17.5. The van der Waals surface area contributed by atoms with Crippen LogP contribution < -0.4 is 0 Å². The third-order valence-electron chi connectivity index (χ3n) is 2.56. The first-order valence-corrected chi connectivity index (χ1v) is 5.31. The second-order valence-electron chi connectivity index (χ2n) is 3.68. The van der Waals surface area contributed by atoms with E-state index in [0.29, 0.717) is 5.56 Å². The molecule has 0 fully saturated rings.